The molecule has 1 fully saturated rings. The van der Waals surface area contributed by atoms with Crippen molar-refractivity contribution in [1.82, 2.24) is 4.98 Å². The smallest absolute Gasteiger partial charge is 0.495 e. The molecule has 1 saturated heterocycles. The van der Waals surface area contributed by atoms with Crippen molar-refractivity contribution in [3.63, 3.8) is 0 Å². The summed E-state index contributed by atoms with van der Waals surface area (Å²) in [6.07, 6.45) is 1.13. The van der Waals surface area contributed by atoms with Gasteiger partial charge in [0, 0.05) is 6.07 Å². The van der Waals surface area contributed by atoms with Crippen LogP contribution in [-0.4, -0.2) is 30.4 Å². The molecule has 1 aromatic rings. The fraction of sp³-hybridized carbons (Fsp3) is 0.583. The summed E-state index contributed by atoms with van der Waals surface area (Å²) in [6, 6.07) is 1.27. The Morgan fingerprint density at radius 3 is 2.28 bits per heavy atom. The Balaban J connectivity index is 2.35. The Kier molecular flexibility index (Phi) is 3.11. The van der Waals surface area contributed by atoms with Crippen LogP contribution < -0.4 is 10.3 Å². The summed E-state index contributed by atoms with van der Waals surface area (Å²) in [5, 5.41) is 0. The molecule has 0 spiro atoms. The van der Waals surface area contributed by atoms with Crippen LogP contribution in [0.3, 0.4) is 0 Å². The molecule has 0 aliphatic carbocycles. The number of ether oxygens (including phenoxy) is 1. The van der Waals surface area contributed by atoms with Gasteiger partial charge in [0.2, 0.25) is 0 Å². The second-order valence-corrected chi connectivity index (χ2v) is 5.33. The van der Waals surface area contributed by atoms with Gasteiger partial charge in [-0.3, -0.25) is 4.98 Å². The van der Waals surface area contributed by atoms with Crippen LogP contribution >= 0.6 is 0 Å². The molecular formula is C12H17BFNO3. The van der Waals surface area contributed by atoms with E-state index in [0.717, 1.165) is 6.20 Å². The number of nitrogens with zero attached hydrogens (tertiary/aromatic N) is 1. The monoisotopic (exact) mass is 253 g/mol. The quantitative estimate of drug-likeness (QED) is 0.749. The van der Waals surface area contributed by atoms with E-state index in [9.17, 15) is 4.39 Å². The fourth-order valence-corrected chi connectivity index (χ4v) is 1.73. The summed E-state index contributed by atoms with van der Waals surface area (Å²) in [5.74, 6) is -0.124. The third kappa shape index (κ3) is 2.10. The Labute approximate surface area is 107 Å². The Bertz CT molecular complexity index is 449. The Hall–Kier alpha value is -1.14. The molecular weight excluding hydrogens is 236 g/mol. The number of rotatable bonds is 2. The van der Waals surface area contributed by atoms with Crippen LogP contribution in [0.5, 0.6) is 5.75 Å². The number of methoxy groups -OCH3 is 1. The zero-order valence-electron chi connectivity index (χ0n) is 11.3. The van der Waals surface area contributed by atoms with Gasteiger partial charge in [0.25, 0.3) is 0 Å². The average molecular weight is 253 g/mol. The molecule has 0 saturated carbocycles. The van der Waals surface area contributed by atoms with Gasteiger partial charge in [-0.05, 0) is 27.7 Å². The van der Waals surface area contributed by atoms with Crippen LogP contribution in [0.15, 0.2) is 12.3 Å². The standard InChI is InChI=1S/C12H17BFNO3/c1-11(2)12(3,4)18-13(17-11)10-9(16-5)6-8(14)7-15-10/h6-7H,1-5H3. The van der Waals surface area contributed by atoms with Crippen molar-refractivity contribution in [2.45, 2.75) is 38.9 Å². The third-order valence-electron chi connectivity index (χ3n) is 3.54. The van der Waals surface area contributed by atoms with Crippen LogP contribution in [-0.2, 0) is 9.31 Å². The van der Waals surface area contributed by atoms with E-state index in [1.54, 1.807) is 0 Å². The second kappa shape index (κ2) is 4.21. The summed E-state index contributed by atoms with van der Waals surface area (Å²) < 4.78 is 29.9. The Morgan fingerprint density at radius 2 is 1.78 bits per heavy atom. The van der Waals surface area contributed by atoms with Gasteiger partial charge in [-0.1, -0.05) is 0 Å². The molecule has 0 N–H and O–H groups in total. The van der Waals surface area contributed by atoms with Gasteiger partial charge in [0.15, 0.2) is 0 Å². The van der Waals surface area contributed by atoms with Gasteiger partial charge in [-0.15, -0.1) is 0 Å². The minimum atomic E-state index is -0.648. The highest BCUT2D eigenvalue weighted by molar-refractivity contribution is 6.62. The zero-order chi connectivity index (χ0) is 13.6. The van der Waals surface area contributed by atoms with E-state index in [0.29, 0.717) is 11.3 Å². The van der Waals surface area contributed by atoms with Crippen molar-refractivity contribution >= 4 is 12.7 Å². The van der Waals surface area contributed by atoms with Crippen LogP contribution in [0.4, 0.5) is 4.39 Å². The summed E-state index contributed by atoms with van der Waals surface area (Å²) >= 11 is 0. The lowest BCUT2D eigenvalue weighted by atomic mass is 9.83. The van der Waals surface area contributed by atoms with Crippen LogP contribution in [0.2, 0.25) is 0 Å². The van der Waals surface area contributed by atoms with E-state index in [-0.39, 0.29) is 0 Å². The SMILES string of the molecule is COc1cc(F)cnc1B1OC(C)(C)C(C)(C)O1. The molecule has 0 amide bonds. The van der Waals surface area contributed by atoms with Crippen molar-refractivity contribution in [3.8, 4) is 5.75 Å². The maximum atomic E-state index is 13.1. The average Bonchev–Trinajstić information content (AvgIpc) is 2.47. The molecule has 1 aliphatic rings. The van der Waals surface area contributed by atoms with E-state index < -0.39 is 24.1 Å². The first-order chi connectivity index (χ1) is 8.27. The molecule has 1 aromatic heterocycles. The van der Waals surface area contributed by atoms with E-state index >= 15 is 0 Å². The first-order valence-corrected chi connectivity index (χ1v) is 5.82. The number of hydrogen-bond donors (Lipinski definition) is 0. The topological polar surface area (TPSA) is 40.6 Å². The predicted molar refractivity (Wildman–Crippen MR) is 66.5 cm³/mol. The van der Waals surface area contributed by atoms with Crippen molar-refractivity contribution in [3.05, 3.63) is 18.1 Å². The van der Waals surface area contributed by atoms with Gasteiger partial charge in [0.1, 0.15) is 17.2 Å². The summed E-state index contributed by atoms with van der Waals surface area (Å²) in [5.41, 5.74) is -0.463. The fourth-order valence-electron chi connectivity index (χ4n) is 1.73. The minimum Gasteiger partial charge on any atom is -0.495 e. The molecule has 98 valence electrons. The predicted octanol–water partition coefficient (Wildman–Crippen LogP) is 1.53. The molecule has 2 rings (SSSR count). The summed E-state index contributed by atoms with van der Waals surface area (Å²) in [7, 11) is 0.816. The molecule has 0 bridgehead atoms. The third-order valence-corrected chi connectivity index (χ3v) is 3.54. The molecule has 18 heavy (non-hydrogen) atoms. The Morgan fingerprint density at radius 1 is 1.22 bits per heavy atom. The number of halogens is 1. The van der Waals surface area contributed by atoms with Gasteiger partial charge >= 0.3 is 7.12 Å². The molecule has 6 heteroatoms. The first-order valence-electron chi connectivity index (χ1n) is 5.82. The van der Waals surface area contributed by atoms with Gasteiger partial charge in [-0.2, -0.15) is 0 Å². The highest BCUT2D eigenvalue weighted by Gasteiger charge is 2.53. The molecule has 0 unspecified atom stereocenters. The minimum absolute atomic E-state index is 0.327. The molecule has 0 atom stereocenters. The van der Waals surface area contributed by atoms with E-state index in [1.165, 1.54) is 13.2 Å². The number of hydrogen-bond acceptors (Lipinski definition) is 4. The van der Waals surface area contributed by atoms with Crippen LogP contribution in [0, 0.1) is 5.82 Å². The highest BCUT2D eigenvalue weighted by Crippen LogP contribution is 2.36. The van der Waals surface area contributed by atoms with Crippen LogP contribution in [0.25, 0.3) is 0 Å². The maximum Gasteiger partial charge on any atom is 0.518 e. The molecule has 1 aliphatic heterocycles. The lowest BCUT2D eigenvalue weighted by Crippen LogP contribution is -2.41. The summed E-state index contributed by atoms with van der Waals surface area (Å²) in [6.45, 7) is 7.79. The van der Waals surface area contributed by atoms with E-state index in [2.05, 4.69) is 4.98 Å². The van der Waals surface area contributed by atoms with Gasteiger partial charge in [0.05, 0.1) is 24.5 Å². The van der Waals surface area contributed by atoms with Crippen molar-refractivity contribution in [2.75, 3.05) is 7.11 Å². The largest absolute Gasteiger partial charge is 0.518 e. The van der Waals surface area contributed by atoms with Gasteiger partial charge in [-0.25, -0.2) is 4.39 Å². The molecule has 0 radical (unpaired) electrons. The molecule has 2 heterocycles. The van der Waals surface area contributed by atoms with E-state index in [1.807, 2.05) is 27.7 Å². The summed E-state index contributed by atoms with van der Waals surface area (Å²) in [4.78, 5) is 4.01. The molecule has 4 nitrogen and oxygen atoms in total. The number of pyridine rings is 1. The normalized spacial score (nSPS) is 21.1. The van der Waals surface area contributed by atoms with Crippen molar-refractivity contribution in [2.24, 2.45) is 0 Å². The maximum absolute atomic E-state index is 13.1. The highest BCUT2D eigenvalue weighted by atomic mass is 19.1. The second-order valence-electron chi connectivity index (χ2n) is 5.33. The van der Waals surface area contributed by atoms with E-state index in [4.69, 9.17) is 14.0 Å². The van der Waals surface area contributed by atoms with Crippen LogP contribution in [0.1, 0.15) is 27.7 Å². The lowest BCUT2D eigenvalue weighted by molar-refractivity contribution is 0.00578. The van der Waals surface area contributed by atoms with Crippen molar-refractivity contribution in [1.29, 1.82) is 0 Å². The lowest BCUT2D eigenvalue weighted by Gasteiger charge is -2.32. The van der Waals surface area contributed by atoms with Gasteiger partial charge < -0.3 is 14.0 Å². The zero-order valence-corrected chi connectivity index (χ0v) is 11.3. The number of aromatic nitrogens is 1. The molecule has 0 aromatic carbocycles. The van der Waals surface area contributed by atoms with Crippen molar-refractivity contribution < 1.29 is 18.4 Å². The first kappa shape index (κ1) is 13.3.